The van der Waals surface area contributed by atoms with Gasteiger partial charge in [0.25, 0.3) is 0 Å². The first kappa shape index (κ1) is 10.5. The Kier molecular flexibility index (Phi) is 2.49. The summed E-state index contributed by atoms with van der Waals surface area (Å²) in [7, 11) is 0. The molecule has 0 aromatic heterocycles. The van der Waals surface area contributed by atoms with Crippen molar-refractivity contribution in [3.63, 3.8) is 0 Å². The summed E-state index contributed by atoms with van der Waals surface area (Å²) >= 11 is 0. The molecule has 0 aliphatic heterocycles. The lowest BCUT2D eigenvalue weighted by atomic mass is 9.83. The number of alkyl halides is 3. The van der Waals surface area contributed by atoms with Gasteiger partial charge in [0, 0.05) is 0 Å². The molecule has 0 amide bonds. The van der Waals surface area contributed by atoms with Gasteiger partial charge in [-0.25, -0.2) is 0 Å². The van der Waals surface area contributed by atoms with E-state index in [0.29, 0.717) is 0 Å². The molecule has 0 bridgehead atoms. The van der Waals surface area contributed by atoms with Crippen LogP contribution in [0.2, 0.25) is 0 Å². The molecular weight excluding hydrogens is 201 g/mol. The van der Waals surface area contributed by atoms with Crippen molar-refractivity contribution in [1.82, 2.24) is 0 Å². The monoisotopic (exact) mass is 214 g/mol. The Labute approximate surface area is 87.1 Å². The molecular formula is C12H13F3. The molecule has 3 heteroatoms. The third-order valence-electron chi connectivity index (χ3n) is 3.09. The Morgan fingerprint density at radius 2 is 2.00 bits per heavy atom. The maximum atomic E-state index is 12.5. The smallest absolute Gasteiger partial charge is 0.166 e. The van der Waals surface area contributed by atoms with Crippen LogP contribution in [0.25, 0.3) is 0 Å². The van der Waals surface area contributed by atoms with E-state index < -0.39 is 11.7 Å². The molecule has 1 aliphatic carbocycles. The summed E-state index contributed by atoms with van der Waals surface area (Å²) in [6, 6.07) is 4.14. The molecule has 0 N–H and O–H groups in total. The van der Waals surface area contributed by atoms with E-state index in [1.807, 2.05) is 6.92 Å². The number of benzene rings is 1. The second-order valence-corrected chi connectivity index (χ2v) is 4.20. The molecule has 0 radical (unpaired) electrons. The van der Waals surface area contributed by atoms with Crippen LogP contribution in [-0.4, -0.2) is 0 Å². The Hall–Kier alpha value is -0.990. The average Bonchev–Trinajstić information content (AvgIpc) is 2.16. The van der Waals surface area contributed by atoms with Crippen LogP contribution in [0.15, 0.2) is 18.2 Å². The van der Waals surface area contributed by atoms with E-state index in [0.717, 1.165) is 30.4 Å². The molecule has 15 heavy (non-hydrogen) atoms. The van der Waals surface area contributed by atoms with Crippen LogP contribution in [0.5, 0.6) is 0 Å². The van der Waals surface area contributed by atoms with Gasteiger partial charge in [-0.3, -0.25) is 0 Å². The molecule has 1 atom stereocenters. The van der Waals surface area contributed by atoms with Gasteiger partial charge in [-0.2, -0.15) is 13.2 Å². The summed E-state index contributed by atoms with van der Waals surface area (Å²) in [5.41, 5.74) is 1.45. The van der Waals surface area contributed by atoms with Crippen LogP contribution in [-0.2, 0) is 12.6 Å². The number of rotatable bonds is 0. The quantitative estimate of drug-likeness (QED) is 0.608. The number of hydrogen-bond donors (Lipinski definition) is 0. The van der Waals surface area contributed by atoms with Crippen LogP contribution in [0.3, 0.4) is 0 Å². The van der Waals surface area contributed by atoms with E-state index in [-0.39, 0.29) is 5.92 Å². The fourth-order valence-electron chi connectivity index (χ4n) is 2.21. The maximum Gasteiger partial charge on any atom is 0.416 e. The molecule has 1 aromatic carbocycles. The van der Waals surface area contributed by atoms with Crippen LogP contribution < -0.4 is 0 Å². The molecule has 0 saturated carbocycles. The summed E-state index contributed by atoms with van der Waals surface area (Å²) in [5.74, 6) is 0.260. The molecule has 0 unspecified atom stereocenters. The summed E-state index contributed by atoms with van der Waals surface area (Å²) in [5, 5.41) is 0. The topological polar surface area (TPSA) is 0 Å². The highest BCUT2D eigenvalue weighted by molar-refractivity contribution is 5.37. The van der Waals surface area contributed by atoms with Crippen LogP contribution in [0, 0.1) is 0 Å². The summed E-state index contributed by atoms with van der Waals surface area (Å²) in [4.78, 5) is 0. The zero-order chi connectivity index (χ0) is 11.1. The van der Waals surface area contributed by atoms with Gasteiger partial charge in [-0.15, -0.1) is 0 Å². The van der Waals surface area contributed by atoms with Crippen molar-refractivity contribution < 1.29 is 13.2 Å². The minimum absolute atomic E-state index is 0.260. The predicted molar refractivity (Wildman–Crippen MR) is 52.8 cm³/mol. The number of hydrogen-bond acceptors (Lipinski definition) is 0. The molecule has 0 spiro atoms. The maximum absolute atomic E-state index is 12.5. The van der Waals surface area contributed by atoms with Gasteiger partial charge in [-0.05, 0) is 48.4 Å². The molecule has 2 rings (SSSR count). The molecule has 0 nitrogen and oxygen atoms in total. The third kappa shape index (κ3) is 2.01. The fourth-order valence-corrected chi connectivity index (χ4v) is 2.21. The van der Waals surface area contributed by atoms with Gasteiger partial charge in [-0.1, -0.05) is 13.0 Å². The van der Waals surface area contributed by atoms with Gasteiger partial charge >= 0.3 is 6.18 Å². The zero-order valence-electron chi connectivity index (χ0n) is 8.56. The van der Waals surface area contributed by atoms with Crippen molar-refractivity contribution in [2.45, 2.75) is 38.3 Å². The van der Waals surface area contributed by atoms with Gasteiger partial charge in [0.1, 0.15) is 0 Å². The third-order valence-corrected chi connectivity index (χ3v) is 3.09. The van der Waals surface area contributed by atoms with E-state index in [9.17, 15) is 13.2 Å². The van der Waals surface area contributed by atoms with E-state index in [4.69, 9.17) is 0 Å². The predicted octanol–water partition coefficient (Wildman–Crippen LogP) is 4.15. The highest BCUT2D eigenvalue weighted by Crippen LogP contribution is 2.36. The second-order valence-electron chi connectivity index (χ2n) is 4.20. The highest BCUT2D eigenvalue weighted by atomic mass is 19.4. The first-order valence-electron chi connectivity index (χ1n) is 5.18. The van der Waals surface area contributed by atoms with Crippen LogP contribution >= 0.6 is 0 Å². The summed E-state index contributed by atoms with van der Waals surface area (Å²) in [6.07, 6.45) is -1.22. The van der Waals surface area contributed by atoms with Crippen molar-refractivity contribution >= 4 is 0 Å². The summed E-state index contributed by atoms with van der Waals surface area (Å²) in [6.45, 7) is 2.00. The Morgan fingerprint density at radius 3 is 2.67 bits per heavy atom. The van der Waals surface area contributed by atoms with E-state index >= 15 is 0 Å². The molecule has 1 aromatic rings. The van der Waals surface area contributed by atoms with E-state index in [1.54, 1.807) is 6.07 Å². The highest BCUT2D eigenvalue weighted by Gasteiger charge is 2.31. The molecule has 0 fully saturated rings. The SMILES string of the molecule is C[C@@H]1CCCc2ccc(C(F)(F)F)cc21. The average molecular weight is 214 g/mol. The second kappa shape index (κ2) is 3.54. The van der Waals surface area contributed by atoms with Crippen LogP contribution in [0.4, 0.5) is 13.2 Å². The standard InChI is InChI=1S/C12H13F3/c1-8-3-2-4-9-5-6-10(7-11(8)9)12(13,14)15/h5-8H,2-4H2,1H3/t8-/m1/s1. The Bertz CT molecular complexity index is 366. The van der Waals surface area contributed by atoms with Crippen molar-refractivity contribution in [2.75, 3.05) is 0 Å². The number of aryl methyl sites for hydroxylation is 1. The molecule has 1 aliphatic rings. The molecule has 0 saturated heterocycles. The van der Waals surface area contributed by atoms with E-state index in [2.05, 4.69) is 0 Å². The normalized spacial score (nSPS) is 21.2. The zero-order valence-corrected chi connectivity index (χ0v) is 8.56. The Balaban J connectivity index is 2.44. The van der Waals surface area contributed by atoms with Crippen molar-refractivity contribution in [1.29, 1.82) is 0 Å². The molecule has 82 valence electrons. The van der Waals surface area contributed by atoms with Gasteiger partial charge in [0.05, 0.1) is 5.56 Å². The van der Waals surface area contributed by atoms with Crippen molar-refractivity contribution in [2.24, 2.45) is 0 Å². The largest absolute Gasteiger partial charge is 0.416 e. The van der Waals surface area contributed by atoms with Crippen LogP contribution in [0.1, 0.15) is 42.4 Å². The summed E-state index contributed by atoms with van der Waals surface area (Å²) < 4.78 is 37.5. The first-order chi connectivity index (χ1) is 6.98. The first-order valence-corrected chi connectivity index (χ1v) is 5.18. The van der Waals surface area contributed by atoms with Gasteiger partial charge < -0.3 is 0 Å². The Morgan fingerprint density at radius 1 is 1.27 bits per heavy atom. The molecule has 0 heterocycles. The van der Waals surface area contributed by atoms with Crippen molar-refractivity contribution in [3.8, 4) is 0 Å². The van der Waals surface area contributed by atoms with Crippen molar-refractivity contribution in [3.05, 3.63) is 34.9 Å². The lowest BCUT2D eigenvalue weighted by Crippen LogP contribution is -2.11. The minimum atomic E-state index is -4.22. The van der Waals surface area contributed by atoms with Gasteiger partial charge in [0.2, 0.25) is 0 Å². The lowest BCUT2D eigenvalue weighted by molar-refractivity contribution is -0.137. The lowest BCUT2D eigenvalue weighted by Gasteiger charge is -2.23. The fraction of sp³-hybridized carbons (Fsp3) is 0.500. The minimum Gasteiger partial charge on any atom is -0.166 e. The number of halogens is 3. The van der Waals surface area contributed by atoms with Gasteiger partial charge in [0.15, 0.2) is 0 Å². The number of fused-ring (bicyclic) bond motifs is 1. The van der Waals surface area contributed by atoms with E-state index in [1.165, 1.54) is 12.1 Å².